The molecule has 15 heavy (non-hydrogen) atoms. The number of rotatable bonds is 3. The van der Waals surface area contributed by atoms with Crippen LogP contribution in [0, 0.1) is 11.8 Å². The lowest BCUT2D eigenvalue weighted by atomic mass is 9.84. The summed E-state index contributed by atoms with van der Waals surface area (Å²) in [7, 11) is 2.57. The summed E-state index contributed by atoms with van der Waals surface area (Å²) >= 11 is 0. The van der Waals surface area contributed by atoms with Crippen LogP contribution in [0.2, 0.25) is 0 Å². The number of esters is 2. The minimum Gasteiger partial charge on any atom is -0.468 e. The number of carbonyl (C=O) groups excluding carboxylic acids is 2. The molecular weight excluding hydrogens is 196 g/mol. The van der Waals surface area contributed by atoms with Gasteiger partial charge in [0, 0.05) is 5.92 Å². The second-order valence-electron chi connectivity index (χ2n) is 3.55. The molecule has 0 aliphatic heterocycles. The summed E-state index contributed by atoms with van der Waals surface area (Å²) in [6.07, 6.45) is 6.72. The molecule has 1 rings (SSSR count). The Morgan fingerprint density at radius 3 is 2.27 bits per heavy atom. The van der Waals surface area contributed by atoms with Crippen LogP contribution >= 0.6 is 0 Å². The van der Waals surface area contributed by atoms with Crippen molar-refractivity contribution in [2.24, 2.45) is 11.8 Å². The molecule has 0 amide bonds. The van der Waals surface area contributed by atoms with Crippen LogP contribution in [-0.4, -0.2) is 26.2 Å². The normalized spacial score (nSPS) is 20.1. The molecule has 0 N–H and O–H groups in total. The molecular formula is C11H16O4. The molecule has 0 fully saturated rings. The van der Waals surface area contributed by atoms with Crippen LogP contribution in [0.3, 0.4) is 0 Å². The van der Waals surface area contributed by atoms with Crippen molar-refractivity contribution in [2.45, 2.75) is 19.3 Å². The highest BCUT2D eigenvalue weighted by molar-refractivity contribution is 5.95. The monoisotopic (exact) mass is 212 g/mol. The van der Waals surface area contributed by atoms with E-state index in [9.17, 15) is 9.59 Å². The molecule has 4 nitrogen and oxygen atoms in total. The molecule has 0 aromatic carbocycles. The van der Waals surface area contributed by atoms with Gasteiger partial charge >= 0.3 is 11.9 Å². The van der Waals surface area contributed by atoms with Crippen LogP contribution < -0.4 is 0 Å². The highest BCUT2D eigenvalue weighted by Crippen LogP contribution is 2.26. The van der Waals surface area contributed by atoms with E-state index in [0.717, 1.165) is 19.3 Å². The van der Waals surface area contributed by atoms with Gasteiger partial charge in [0.2, 0.25) is 0 Å². The molecule has 0 saturated heterocycles. The van der Waals surface area contributed by atoms with Crippen LogP contribution in [0.25, 0.3) is 0 Å². The van der Waals surface area contributed by atoms with Gasteiger partial charge in [0.15, 0.2) is 5.92 Å². The molecule has 1 aliphatic rings. The first kappa shape index (κ1) is 11.8. The molecule has 0 heterocycles. The van der Waals surface area contributed by atoms with E-state index in [4.69, 9.17) is 0 Å². The number of hydrogen-bond donors (Lipinski definition) is 0. The zero-order valence-corrected chi connectivity index (χ0v) is 9.06. The topological polar surface area (TPSA) is 52.6 Å². The second kappa shape index (κ2) is 5.53. The maximum atomic E-state index is 11.5. The molecule has 4 heteroatoms. The third kappa shape index (κ3) is 2.81. The lowest BCUT2D eigenvalue weighted by Crippen LogP contribution is -2.33. The van der Waals surface area contributed by atoms with Crippen LogP contribution in [-0.2, 0) is 19.1 Å². The maximum Gasteiger partial charge on any atom is 0.320 e. The largest absolute Gasteiger partial charge is 0.468 e. The second-order valence-corrected chi connectivity index (χ2v) is 3.55. The molecule has 0 unspecified atom stereocenters. The fraction of sp³-hybridized carbons (Fsp3) is 0.636. The summed E-state index contributed by atoms with van der Waals surface area (Å²) in [5.41, 5.74) is 0. The van der Waals surface area contributed by atoms with Gasteiger partial charge in [0.25, 0.3) is 0 Å². The van der Waals surface area contributed by atoms with E-state index < -0.39 is 17.9 Å². The van der Waals surface area contributed by atoms with Crippen molar-refractivity contribution < 1.29 is 19.1 Å². The Hall–Kier alpha value is -1.32. The van der Waals surface area contributed by atoms with Gasteiger partial charge in [-0.05, 0) is 19.3 Å². The molecule has 0 radical (unpaired) electrons. The Kier molecular flexibility index (Phi) is 4.34. The van der Waals surface area contributed by atoms with Crippen LogP contribution in [0.1, 0.15) is 19.3 Å². The first-order valence-corrected chi connectivity index (χ1v) is 5.03. The summed E-state index contributed by atoms with van der Waals surface area (Å²) in [6, 6.07) is 0. The molecule has 0 aromatic heterocycles. The van der Waals surface area contributed by atoms with Crippen molar-refractivity contribution in [3.8, 4) is 0 Å². The molecule has 1 atom stereocenters. The van der Waals surface area contributed by atoms with Gasteiger partial charge in [-0.15, -0.1) is 0 Å². The molecule has 84 valence electrons. The number of methoxy groups -OCH3 is 2. The minimum atomic E-state index is -0.809. The number of hydrogen-bond acceptors (Lipinski definition) is 4. The number of carbonyl (C=O) groups is 2. The van der Waals surface area contributed by atoms with E-state index >= 15 is 0 Å². The average molecular weight is 212 g/mol. The van der Waals surface area contributed by atoms with Crippen molar-refractivity contribution in [2.75, 3.05) is 14.2 Å². The van der Waals surface area contributed by atoms with E-state index in [1.54, 1.807) is 0 Å². The van der Waals surface area contributed by atoms with Crippen molar-refractivity contribution >= 4 is 11.9 Å². The highest BCUT2D eigenvalue weighted by Gasteiger charge is 2.35. The van der Waals surface area contributed by atoms with Crippen molar-refractivity contribution in [1.82, 2.24) is 0 Å². The Balaban J connectivity index is 2.79. The smallest absolute Gasteiger partial charge is 0.320 e. The van der Waals surface area contributed by atoms with Gasteiger partial charge < -0.3 is 9.47 Å². The van der Waals surface area contributed by atoms with E-state index in [1.807, 2.05) is 12.2 Å². The molecule has 0 saturated carbocycles. The van der Waals surface area contributed by atoms with Gasteiger partial charge in [0.05, 0.1) is 14.2 Å². The fourth-order valence-corrected chi connectivity index (χ4v) is 1.82. The molecule has 1 aliphatic carbocycles. The summed E-state index contributed by atoms with van der Waals surface area (Å²) in [5, 5.41) is 0. The molecule has 0 spiro atoms. The summed E-state index contributed by atoms with van der Waals surface area (Å²) < 4.78 is 9.23. The lowest BCUT2D eigenvalue weighted by Gasteiger charge is -2.22. The predicted octanol–water partition coefficient (Wildman–Crippen LogP) is 1.30. The summed E-state index contributed by atoms with van der Waals surface area (Å²) in [5.74, 6) is -1.92. The van der Waals surface area contributed by atoms with Crippen molar-refractivity contribution in [3.63, 3.8) is 0 Å². The molecule has 0 aromatic rings. The SMILES string of the molecule is COC(=O)C(C(=O)OC)[C@@H]1C=CCCC1. The van der Waals surface area contributed by atoms with Crippen LogP contribution in [0.5, 0.6) is 0 Å². The van der Waals surface area contributed by atoms with Crippen molar-refractivity contribution in [1.29, 1.82) is 0 Å². The van der Waals surface area contributed by atoms with Gasteiger partial charge in [-0.25, -0.2) is 0 Å². The Labute approximate surface area is 89.2 Å². The zero-order chi connectivity index (χ0) is 11.3. The zero-order valence-electron chi connectivity index (χ0n) is 9.06. The fourth-order valence-electron chi connectivity index (χ4n) is 1.82. The Bertz CT molecular complexity index is 254. The van der Waals surface area contributed by atoms with E-state index in [1.165, 1.54) is 14.2 Å². The van der Waals surface area contributed by atoms with Crippen molar-refractivity contribution in [3.05, 3.63) is 12.2 Å². The predicted molar refractivity (Wildman–Crippen MR) is 54.0 cm³/mol. The number of ether oxygens (including phenoxy) is 2. The Morgan fingerprint density at radius 2 is 1.87 bits per heavy atom. The maximum absolute atomic E-state index is 11.5. The van der Waals surface area contributed by atoms with E-state index in [2.05, 4.69) is 9.47 Å². The molecule has 0 bridgehead atoms. The minimum absolute atomic E-state index is 0.0846. The van der Waals surface area contributed by atoms with Crippen LogP contribution in [0.4, 0.5) is 0 Å². The Morgan fingerprint density at radius 1 is 1.27 bits per heavy atom. The van der Waals surface area contributed by atoms with Gasteiger partial charge in [-0.2, -0.15) is 0 Å². The highest BCUT2D eigenvalue weighted by atomic mass is 16.5. The quantitative estimate of drug-likeness (QED) is 0.402. The van der Waals surface area contributed by atoms with Gasteiger partial charge in [-0.3, -0.25) is 9.59 Å². The third-order valence-electron chi connectivity index (χ3n) is 2.63. The first-order chi connectivity index (χ1) is 7.20. The van der Waals surface area contributed by atoms with Gasteiger partial charge in [0.1, 0.15) is 0 Å². The first-order valence-electron chi connectivity index (χ1n) is 5.03. The third-order valence-corrected chi connectivity index (χ3v) is 2.63. The van der Waals surface area contributed by atoms with Crippen LogP contribution in [0.15, 0.2) is 12.2 Å². The van der Waals surface area contributed by atoms with E-state index in [0.29, 0.717) is 0 Å². The number of allylic oxidation sites excluding steroid dienone is 2. The summed E-state index contributed by atoms with van der Waals surface area (Å²) in [6.45, 7) is 0. The average Bonchev–Trinajstić information content (AvgIpc) is 2.30. The standard InChI is InChI=1S/C11H16O4/c1-14-10(12)9(11(13)15-2)8-6-4-3-5-7-8/h4,6,8-9H,3,5,7H2,1-2H3/t8-/m1/s1. The van der Waals surface area contributed by atoms with E-state index in [-0.39, 0.29) is 5.92 Å². The lowest BCUT2D eigenvalue weighted by molar-refractivity contribution is -0.160. The summed E-state index contributed by atoms with van der Waals surface area (Å²) in [4.78, 5) is 22.9. The van der Waals surface area contributed by atoms with Gasteiger partial charge in [-0.1, -0.05) is 12.2 Å².